The summed E-state index contributed by atoms with van der Waals surface area (Å²) in [5, 5.41) is 8.64. The van der Waals surface area contributed by atoms with Gasteiger partial charge >= 0.3 is 0 Å². The minimum atomic E-state index is -0.0869. The zero-order valence-corrected chi connectivity index (χ0v) is 12.2. The average Bonchev–Trinajstić information content (AvgIpc) is 2.37. The molecule has 0 atom stereocenters. The lowest BCUT2D eigenvalue weighted by molar-refractivity contribution is 0.294. The van der Waals surface area contributed by atoms with E-state index in [1.165, 1.54) is 12.0 Å². The van der Waals surface area contributed by atoms with Crippen molar-refractivity contribution in [2.45, 2.75) is 13.0 Å². The molecule has 1 aromatic rings. The largest absolute Gasteiger partial charge is 0.384 e. The van der Waals surface area contributed by atoms with Crippen molar-refractivity contribution in [1.82, 2.24) is 9.80 Å². The molecule has 0 fully saturated rings. The fourth-order valence-electron chi connectivity index (χ4n) is 1.88. The fourth-order valence-corrected chi connectivity index (χ4v) is 1.88. The van der Waals surface area contributed by atoms with E-state index in [-0.39, 0.29) is 6.61 Å². The number of benzene rings is 1. The number of aliphatic hydroxyl groups excluding tert-OH is 1. The van der Waals surface area contributed by atoms with Crippen molar-refractivity contribution in [2.75, 3.05) is 40.8 Å². The van der Waals surface area contributed by atoms with Gasteiger partial charge in [0.15, 0.2) is 0 Å². The highest BCUT2D eigenvalue weighted by atomic mass is 16.2. The first-order valence-electron chi connectivity index (χ1n) is 6.64. The van der Waals surface area contributed by atoms with E-state index in [9.17, 15) is 0 Å². The Morgan fingerprint density at radius 3 is 2.32 bits per heavy atom. The van der Waals surface area contributed by atoms with Crippen LogP contribution in [0, 0.1) is 11.8 Å². The molecule has 0 spiro atoms. The van der Waals surface area contributed by atoms with E-state index in [2.05, 4.69) is 54.9 Å². The standard InChI is InChI=1S/C16H24N2O/c1-17(2)11-5-12-18(3)14-16-9-7-15(8-10-16)6-4-13-19/h7-10,19H,5,11-14H2,1-3H3. The van der Waals surface area contributed by atoms with Crippen molar-refractivity contribution in [3.8, 4) is 11.8 Å². The molecule has 0 aromatic heterocycles. The predicted molar refractivity (Wildman–Crippen MR) is 79.9 cm³/mol. The van der Waals surface area contributed by atoms with Crippen LogP contribution in [0.25, 0.3) is 0 Å². The Kier molecular flexibility index (Phi) is 7.20. The molecular weight excluding hydrogens is 236 g/mol. The molecule has 0 saturated carbocycles. The minimum Gasteiger partial charge on any atom is -0.384 e. The van der Waals surface area contributed by atoms with Crippen molar-refractivity contribution in [3.63, 3.8) is 0 Å². The fraction of sp³-hybridized carbons (Fsp3) is 0.500. The maximum absolute atomic E-state index is 8.64. The summed E-state index contributed by atoms with van der Waals surface area (Å²) in [6, 6.07) is 8.21. The Morgan fingerprint density at radius 2 is 1.74 bits per heavy atom. The van der Waals surface area contributed by atoms with Crippen LogP contribution in [-0.4, -0.2) is 55.7 Å². The maximum Gasteiger partial charge on any atom is 0.104 e. The van der Waals surface area contributed by atoms with Gasteiger partial charge in [-0.25, -0.2) is 0 Å². The van der Waals surface area contributed by atoms with Crippen LogP contribution in [0.2, 0.25) is 0 Å². The Balaban J connectivity index is 2.40. The topological polar surface area (TPSA) is 26.7 Å². The summed E-state index contributed by atoms with van der Waals surface area (Å²) < 4.78 is 0. The number of nitrogens with zero attached hydrogens (tertiary/aromatic N) is 2. The Hall–Kier alpha value is -1.34. The van der Waals surface area contributed by atoms with E-state index in [0.717, 1.165) is 25.2 Å². The van der Waals surface area contributed by atoms with Crippen molar-refractivity contribution in [3.05, 3.63) is 35.4 Å². The third kappa shape index (κ3) is 6.97. The monoisotopic (exact) mass is 260 g/mol. The second-order valence-corrected chi connectivity index (χ2v) is 5.05. The molecule has 0 bridgehead atoms. The van der Waals surface area contributed by atoms with Gasteiger partial charge in [0.05, 0.1) is 0 Å². The van der Waals surface area contributed by atoms with Crippen molar-refractivity contribution in [1.29, 1.82) is 0 Å². The molecule has 0 radical (unpaired) electrons. The van der Waals surface area contributed by atoms with Gasteiger partial charge in [0.25, 0.3) is 0 Å². The molecule has 19 heavy (non-hydrogen) atoms. The molecule has 1 aromatic carbocycles. The summed E-state index contributed by atoms with van der Waals surface area (Å²) in [6.45, 7) is 3.10. The average molecular weight is 260 g/mol. The molecule has 1 N–H and O–H groups in total. The molecule has 104 valence electrons. The number of hydrogen-bond acceptors (Lipinski definition) is 3. The number of hydrogen-bond donors (Lipinski definition) is 1. The molecule has 0 amide bonds. The van der Waals surface area contributed by atoms with Gasteiger partial charge in [-0.3, -0.25) is 0 Å². The van der Waals surface area contributed by atoms with E-state index in [1.54, 1.807) is 0 Å². The molecule has 0 aliphatic rings. The zero-order valence-electron chi connectivity index (χ0n) is 12.2. The van der Waals surface area contributed by atoms with Gasteiger partial charge in [-0.05, 0) is 58.3 Å². The van der Waals surface area contributed by atoms with Gasteiger partial charge in [0.1, 0.15) is 6.61 Å². The minimum absolute atomic E-state index is 0.0869. The summed E-state index contributed by atoms with van der Waals surface area (Å²) in [7, 11) is 6.35. The zero-order chi connectivity index (χ0) is 14.1. The highest BCUT2D eigenvalue weighted by molar-refractivity contribution is 5.36. The lowest BCUT2D eigenvalue weighted by atomic mass is 10.1. The normalized spacial score (nSPS) is 10.6. The SMILES string of the molecule is CN(C)CCCN(C)Cc1ccc(C#CCO)cc1. The van der Waals surface area contributed by atoms with Crippen LogP contribution in [0.4, 0.5) is 0 Å². The molecule has 0 aliphatic carbocycles. The molecular formula is C16H24N2O. The molecule has 0 aliphatic heterocycles. The summed E-state index contributed by atoms with van der Waals surface area (Å²) >= 11 is 0. The third-order valence-corrected chi connectivity index (χ3v) is 2.86. The predicted octanol–water partition coefficient (Wildman–Crippen LogP) is 1.41. The number of aliphatic hydroxyl groups is 1. The molecule has 3 nitrogen and oxygen atoms in total. The van der Waals surface area contributed by atoms with Crippen LogP contribution in [0.3, 0.4) is 0 Å². The van der Waals surface area contributed by atoms with E-state index in [4.69, 9.17) is 5.11 Å². The van der Waals surface area contributed by atoms with E-state index >= 15 is 0 Å². The maximum atomic E-state index is 8.64. The molecule has 3 heteroatoms. The van der Waals surface area contributed by atoms with Crippen molar-refractivity contribution >= 4 is 0 Å². The molecule has 0 heterocycles. The van der Waals surface area contributed by atoms with Gasteiger partial charge in [0, 0.05) is 12.1 Å². The first kappa shape index (κ1) is 15.7. The summed E-state index contributed by atoms with van der Waals surface area (Å²) in [6.07, 6.45) is 1.18. The van der Waals surface area contributed by atoms with Crippen LogP contribution in [-0.2, 0) is 6.54 Å². The van der Waals surface area contributed by atoms with Crippen LogP contribution in [0.5, 0.6) is 0 Å². The molecule has 0 unspecified atom stereocenters. The lowest BCUT2D eigenvalue weighted by Gasteiger charge is -2.18. The first-order chi connectivity index (χ1) is 9.11. The van der Waals surface area contributed by atoms with Gasteiger partial charge in [0.2, 0.25) is 0 Å². The van der Waals surface area contributed by atoms with Crippen LogP contribution in [0.1, 0.15) is 17.5 Å². The Labute approximate surface area is 116 Å². The summed E-state index contributed by atoms with van der Waals surface area (Å²) in [4.78, 5) is 4.54. The van der Waals surface area contributed by atoms with Crippen LogP contribution < -0.4 is 0 Å². The van der Waals surface area contributed by atoms with Gasteiger partial charge < -0.3 is 14.9 Å². The number of rotatable bonds is 6. The molecule has 1 rings (SSSR count). The van der Waals surface area contributed by atoms with E-state index in [1.807, 2.05) is 12.1 Å². The smallest absolute Gasteiger partial charge is 0.104 e. The van der Waals surface area contributed by atoms with Crippen molar-refractivity contribution in [2.24, 2.45) is 0 Å². The third-order valence-electron chi connectivity index (χ3n) is 2.86. The van der Waals surface area contributed by atoms with Gasteiger partial charge in [-0.1, -0.05) is 24.0 Å². The quantitative estimate of drug-likeness (QED) is 0.784. The second-order valence-electron chi connectivity index (χ2n) is 5.05. The van der Waals surface area contributed by atoms with Crippen LogP contribution in [0.15, 0.2) is 24.3 Å². The van der Waals surface area contributed by atoms with E-state index < -0.39 is 0 Å². The van der Waals surface area contributed by atoms with Gasteiger partial charge in [-0.2, -0.15) is 0 Å². The molecule has 0 saturated heterocycles. The van der Waals surface area contributed by atoms with Gasteiger partial charge in [-0.15, -0.1) is 0 Å². The van der Waals surface area contributed by atoms with Crippen molar-refractivity contribution < 1.29 is 5.11 Å². The van der Waals surface area contributed by atoms with E-state index in [0.29, 0.717) is 0 Å². The first-order valence-corrected chi connectivity index (χ1v) is 6.64. The summed E-state index contributed by atoms with van der Waals surface area (Å²) in [5.41, 5.74) is 2.25. The highest BCUT2D eigenvalue weighted by Crippen LogP contribution is 2.06. The summed E-state index contributed by atoms with van der Waals surface area (Å²) in [5.74, 6) is 5.56. The lowest BCUT2D eigenvalue weighted by Crippen LogP contribution is -2.23. The second kappa shape index (κ2) is 8.71. The highest BCUT2D eigenvalue weighted by Gasteiger charge is 2.00. The Morgan fingerprint density at radius 1 is 1.05 bits per heavy atom. The van der Waals surface area contributed by atoms with Crippen LogP contribution >= 0.6 is 0 Å². The Bertz CT molecular complexity index is 415.